The molecule has 4 heterocycles. The number of nitrogens with zero attached hydrogens (tertiary/aromatic N) is 6. The Morgan fingerprint density at radius 1 is 1.06 bits per heavy atom. The summed E-state index contributed by atoms with van der Waals surface area (Å²) < 4.78 is 1.84. The van der Waals surface area contributed by atoms with E-state index in [0.29, 0.717) is 40.4 Å². The van der Waals surface area contributed by atoms with Crippen molar-refractivity contribution < 1.29 is 4.79 Å². The van der Waals surface area contributed by atoms with Crippen LogP contribution in [0.3, 0.4) is 0 Å². The summed E-state index contributed by atoms with van der Waals surface area (Å²) in [5.41, 5.74) is 4.29. The summed E-state index contributed by atoms with van der Waals surface area (Å²) in [5.74, 6) is 0.711. The van der Waals surface area contributed by atoms with Crippen molar-refractivity contribution in [1.29, 1.82) is 0 Å². The molecule has 1 aromatic carbocycles. The molecule has 1 aliphatic rings. The van der Waals surface area contributed by atoms with E-state index < -0.39 is 0 Å². The van der Waals surface area contributed by atoms with Crippen LogP contribution in [0.2, 0.25) is 0 Å². The van der Waals surface area contributed by atoms with Gasteiger partial charge in [-0.25, -0.2) is 9.97 Å². The molecule has 4 aromatic rings. The van der Waals surface area contributed by atoms with Crippen LogP contribution >= 0.6 is 0 Å². The van der Waals surface area contributed by atoms with Crippen LogP contribution in [0.15, 0.2) is 36.9 Å². The lowest BCUT2D eigenvalue weighted by atomic mass is 10.1. The van der Waals surface area contributed by atoms with Crippen LogP contribution in [0.25, 0.3) is 16.7 Å². The molecule has 3 aromatic heterocycles. The molecule has 0 spiro atoms. The number of aryl methyl sites for hydroxylation is 1. The third-order valence-corrected chi connectivity index (χ3v) is 5.78. The van der Waals surface area contributed by atoms with Crippen molar-refractivity contribution in [3.63, 3.8) is 0 Å². The van der Waals surface area contributed by atoms with Crippen LogP contribution in [0, 0.1) is 6.92 Å². The number of rotatable bonds is 4. The average Bonchev–Trinajstić information content (AvgIpc) is 3.17. The van der Waals surface area contributed by atoms with Gasteiger partial charge >= 0.3 is 0 Å². The molecule has 0 radical (unpaired) electrons. The van der Waals surface area contributed by atoms with Gasteiger partial charge < -0.3 is 25.3 Å². The Morgan fingerprint density at radius 2 is 1.79 bits per heavy atom. The van der Waals surface area contributed by atoms with Crippen LogP contribution in [0.5, 0.6) is 0 Å². The van der Waals surface area contributed by atoms with Crippen molar-refractivity contribution in [3.8, 4) is 0 Å². The first-order valence-corrected chi connectivity index (χ1v) is 11.0. The van der Waals surface area contributed by atoms with Gasteiger partial charge in [0.1, 0.15) is 11.0 Å². The molecule has 3 N–H and O–H groups in total. The lowest BCUT2D eigenvalue weighted by Crippen LogP contribution is -2.54. The SMILES string of the molecule is CNc1nc(NC(=O)c2ccc(N3CC(C)NC(C)C3)c3nccnc23)cn2cc(C)nc12. The standard InChI is InChI=1S/C23H27N9O/c1-13-9-31(10-14(2)27-13)17-6-5-16(19-20(17)26-8-7-25-19)23(33)30-18-12-32-11-15(3)28-22(32)21(24-4)29-18/h5-8,11-14,27H,9-10H2,1-4H3,(H,24,29)(H,30,33). The molecule has 2 unspecified atom stereocenters. The first-order chi connectivity index (χ1) is 15.9. The normalized spacial score (nSPS) is 18.6. The number of aromatic nitrogens is 5. The van der Waals surface area contributed by atoms with Gasteiger partial charge in [-0.3, -0.25) is 14.8 Å². The third kappa shape index (κ3) is 3.93. The maximum Gasteiger partial charge on any atom is 0.259 e. The summed E-state index contributed by atoms with van der Waals surface area (Å²) in [6.07, 6.45) is 6.92. The summed E-state index contributed by atoms with van der Waals surface area (Å²) >= 11 is 0. The number of piperazine rings is 1. The number of imidazole rings is 1. The van der Waals surface area contributed by atoms with Crippen LogP contribution in [0.4, 0.5) is 17.3 Å². The van der Waals surface area contributed by atoms with E-state index in [9.17, 15) is 4.79 Å². The molecule has 10 heteroatoms. The van der Waals surface area contributed by atoms with Gasteiger partial charge in [0.05, 0.1) is 23.1 Å². The molecule has 1 fully saturated rings. The first-order valence-electron chi connectivity index (χ1n) is 11.0. The van der Waals surface area contributed by atoms with E-state index in [1.807, 2.05) is 29.7 Å². The minimum atomic E-state index is -0.292. The van der Waals surface area contributed by atoms with Crippen LogP contribution in [-0.2, 0) is 0 Å². The van der Waals surface area contributed by atoms with E-state index in [-0.39, 0.29) is 5.91 Å². The van der Waals surface area contributed by atoms with E-state index in [1.54, 1.807) is 25.6 Å². The van der Waals surface area contributed by atoms with Gasteiger partial charge in [-0.05, 0) is 32.9 Å². The number of hydrogen-bond acceptors (Lipinski definition) is 8. The summed E-state index contributed by atoms with van der Waals surface area (Å²) in [5, 5.41) is 9.50. The largest absolute Gasteiger partial charge is 0.370 e. The van der Waals surface area contributed by atoms with Crippen molar-refractivity contribution in [2.45, 2.75) is 32.9 Å². The van der Waals surface area contributed by atoms with Crippen LogP contribution in [-0.4, -0.2) is 62.5 Å². The van der Waals surface area contributed by atoms with Crippen molar-refractivity contribution in [1.82, 2.24) is 29.7 Å². The van der Waals surface area contributed by atoms with E-state index in [0.717, 1.165) is 30.0 Å². The fourth-order valence-electron chi connectivity index (χ4n) is 4.54. The lowest BCUT2D eigenvalue weighted by Gasteiger charge is -2.38. The minimum absolute atomic E-state index is 0.292. The molecule has 10 nitrogen and oxygen atoms in total. The van der Waals surface area contributed by atoms with Gasteiger partial charge in [0.25, 0.3) is 5.91 Å². The van der Waals surface area contributed by atoms with Gasteiger partial charge in [0.15, 0.2) is 17.3 Å². The quantitative estimate of drug-likeness (QED) is 0.439. The highest BCUT2D eigenvalue weighted by Gasteiger charge is 2.24. The number of nitrogens with one attached hydrogen (secondary N) is 3. The minimum Gasteiger partial charge on any atom is -0.370 e. The molecule has 0 aliphatic carbocycles. The van der Waals surface area contributed by atoms with Gasteiger partial charge in [0, 0.05) is 50.8 Å². The molecule has 170 valence electrons. The Hall–Kier alpha value is -3.79. The second kappa shape index (κ2) is 8.28. The maximum atomic E-state index is 13.3. The zero-order valence-corrected chi connectivity index (χ0v) is 19.1. The lowest BCUT2D eigenvalue weighted by molar-refractivity contribution is 0.102. The van der Waals surface area contributed by atoms with E-state index in [2.05, 4.69) is 54.6 Å². The van der Waals surface area contributed by atoms with Crippen LogP contribution < -0.4 is 20.9 Å². The van der Waals surface area contributed by atoms with E-state index >= 15 is 0 Å². The number of amides is 1. The van der Waals surface area contributed by atoms with Gasteiger partial charge in [-0.2, -0.15) is 0 Å². The topological polar surface area (TPSA) is 112 Å². The highest BCUT2D eigenvalue weighted by atomic mass is 16.1. The van der Waals surface area contributed by atoms with Gasteiger partial charge in [-0.1, -0.05) is 0 Å². The maximum absolute atomic E-state index is 13.3. The van der Waals surface area contributed by atoms with Crippen molar-refractivity contribution in [2.75, 3.05) is 35.7 Å². The number of anilines is 3. The number of benzene rings is 1. The fourth-order valence-corrected chi connectivity index (χ4v) is 4.54. The Kier molecular flexibility index (Phi) is 5.29. The molecular weight excluding hydrogens is 418 g/mol. The Labute approximate surface area is 191 Å². The highest BCUT2D eigenvalue weighted by Crippen LogP contribution is 2.28. The molecule has 0 saturated carbocycles. The monoisotopic (exact) mass is 445 g/mol. The summed E-state index contributed by atoms with van der Waals surface area (Å²) in [7, 11) is 1.78. The van der Waals surface area contributed by atoms with Crippen molar-refractivity contribution in [2.24, 2.45) is 0 Å². The molecule has 5 rings (SSSR count). The van der Waals surface area contributed by atoms with Gasteiger partial charge in [0.2, 0.25) is 0 Å². The van der Waals surface area contributed by atoms with Crippen molar-refractivity contribution in [3.05, 3.63) is 48.2 Å². The molecule has 2 atom stereocenters. The Bertz CT molecular complexity index is 1340. The number of hydrogen-bond donors (Lipinski definition) is 3. The smallest absolute Gasteiger partial charge is 0.259 e. The average molecular weight is 446 g/mol. The molecule has 1 amide bonds. The summed E-state index contributed by atoms with van der Waals surface area (Å²) in [6.45, 7) is 7.98. The molecule has 33 heavy (non-hydrogen) atoms. The summed E-state index contributed by atoms with van der Waals surface area (Å²) in [6, 6.07) is 4.50. The second-order valence-electron chi connectivity index (χ2n) is 8.55. The zero-order valence-electron chi connectivity index (χ0n) is 19.1. The Balaban J connectivity index is 1.50. The molecular formula is C23H27N9O. The molecule has 1 saturated heterocycles. The molecule has 1 aliphatic heterocycles. The Morgan fingerprint density at radius 3 is 2.52 bits per heavy atom. The third-order valence-electron chi connectivity index (χ3n) is 5.78. The summed E-state index contributed by atoms with van der Waals surface area (Å²) in [4.78, 5) is 33.6. The van der Waals surface area contributed by atoms with E-state index in [1.165, 1.54) is 0 Å². The van der Waals surface area contributed by atoms with Gasteiger partial charge in [-0.15, -0.1) is 0 Å². The zero-order chi connectivity index (χ0) is 23.1. The number of carbonyl (C=O) groups is 1. The highest BCUT2D eigenvalue weighted by molar-refractivity contribution is 6.12. The predicted molar refractivity (Wildman–Crippen MR) is 129 cm³/mol. The first kappa shape index (κ1) is 21.1. The predicted octanol–water partition coefficient (Wildman–Crippen LogP) is 2.46. The van der Waals surface area contributed by atoms with E-state index in [4.69, 9.17) is 0 Å². The number of carbonyl (C=O) groups excluding carboxylic acids is 1. The second-order valence-corrected chi connectivity index (χ2v) is 8.55. The molecule has 0 bridgehead atoms. The number of fused-ring (bicyclic) bond motifs is 2. The van der Waals surface area contributed by atoms with Crippen molar-refractivity contribution >= 4 is 39.9 Å². The van der Waals surface area contributed by atoms with Crippen LogP contribution in [0.1, 0.15) is 29.9 Å². The fraction of sp³-hybridized carbons (Fsp3) is 0.348.